The lowest BCUT2D eigenvalue weighted by molar-refractivity contribution is 0.148. The summed E-state index contributed by atoms with van der Waals surface area (Å²) >= 11 is 0. The van der Waals surface area contributed by atoms with Crippen molar-refractivity contribution in [3.63, 3.8) is 0 Å². The Morgan fingerprint density at radius 2 is 2.00 bits per heavy atom. The first kappa shape index (κ1) is 17.1. The highest BCUT2D eigenvalue weighted by atomic mass is 15.1. The van der Waals surface area contributed by atoms with Crippen LogP contribution in [0.15, 0.2) is 24.5 Å². The van der Waals surface area contributed by atoms with E-state index in [1.54, 1.807) is 0 Å². The van der Waals surface area contributed by atoms with E-state index < -0.39 is 0 Å². The Balaban J connectivity index is 2.60. The van der Waals surface area contributed by atoms with Crippen LogP contribution in [0.3, 0.4) is 0 Å². The van der Waals surface area contributed by atoms with E-state index in [0.29, 0.717) is 11.5 Å². The fourth-order valence-electron chi connectivity index (χ4n) is 2.63. The smallest absolute Gasteiger partial charge is 0.0312 e. The number of nitrogens with one attached hydrogen (secondary N) is 1. The average Bonchev–Trinajstić information content (AvgIpc) is 2.44. The molecule has 1 rings (SSSR count). The van der Waals surface area contributed by atoms with Crippen molar-refractivity contribution in [1.82, 2.24) is 15.2 Å². The number of hydrogen-bond acceptors (Lipinski definition) is 3. The fraction of sp³-hybridized carbons (Fsp3) is 0.706. The molecule has 0 atom stereocenters. The van der Waals surface area contributed by atoms with Crippen LogP contribution in [0.5, 0.6) is 0 Å². The topological polar surface area (TPSA) is 28.2 Å². The Bertz CT molecular complexity index is 358. The monoisotopic (exact) mass is 277 g/mol. The first-order valence-electron chi connectivity index (χ1n) is 7.82. The first-order chi connectivity index (χ1) is 9.51. The molecule has 0 saturated carbocycles. The molecule has 0 spiro atoms. The van der Waals surface area contributed by atoms with Crippen LogP contribution in [0.1, 0.15) is 46.1 Å². The number of hydrogen-bond donors (Lipinski definition) is 1. The van der Waals surface area contributed by atoms with Crippen LogP contribution in [0, 0.1) is 5.41 Å². The van der Waals surface area contributed by atoms with Gasteiger partial charge in [0.25, 0.3) is 0 Å². The molecule has 1 aromatic heterocycles. The van der Waals surface area contributed by atoms with E-state index in [2.05, 4.69) is 56.0 Å². The molecule has 0 aromatic carbocycles. The van der Waals surface area contributed by atoms with E-state index >= 15 is 0 Å². The van der Waals surface area contributed by atoms with E-state index in [0.717, 1.165) is 19.6 Å². The molecule has 1 heterocycles. The van der Waals surface area contributed by atoms with Gasteiger partial charge < -0.3 is 10.2 Å². The lowest BCUT2D eigenvalue weighted by Crippen LogP contribution is -2.44. The molecule has 0 saturated heterocycles. The lowest BCUT2D eigenvalue weighted by Gasteiger charge is -2.36. The predicted molar refractivity (Wildman–Crippen MR) is 86.7 cm³/mol. The Kier molecular flexibility index (Phi) is 7.17. The third kappa shape index (κ3) is 5.59. The molecule has 20 heavy (non-hydrogen) atoms. The molecular weight excluding hydrogens is 246 g/mol. The summed E-state index contributed by atoms with van der Waals surface area (Å²) in [6.07, 6.45) is 6.21. The summed E-state index contributed by atoms with van der Waals surface area (Å²) in [5.41, 5.74) is 1.65. The van der Waals surface area contributed by atoms with Gasteiger partial charge in [-0.3, -0.25) is 4.98 Å². The van der Waals surface area contributed by atoms with Crippen molar-refractivity contribution in [1.29, 1.82) is 0 Å². The molecule has 0 fully saturated rings. The van der Waals surface area contributed by atoms with Crippen LogP contribution in [-0.2, 0) is 6.54 Å². The Labute approximate surface area is 124 Å². The molecule has 1 aromatic rings. The molecular formula is C17H31N3. The van der Waals surface area contributed by atoms with Crippen molar-refractivity contribution in [2.24, 2.45) is 5.41 Å². The van der Waals surface area contributed by atoms with Crippen LogP contribution in [0.25, 0.3) is 0 Å². The van der Waals surface area contributed by atoms with Crippen LogP contribution >= 0.6 is 0 Å². The summed E-state index contributed by atoms with van der Waals surface area (Å²) in [5, 5.41) is 3.62. The Morgan fingerprint density at radius 3 is 2.50 bits per heavy atom. The Morgan fingerprint density at radius 1 is 1.30 bits per heavy atom. The van der Waals surface area contributed by atoms with Crippen molar-refractivity contribution in [2.45, 2.75) is 53.1 Å². The molecule has 0 aliphatic rings. The van der Waals surface area contributed by atoms with Crippen molar-refractivity contribution >= 4 is 0 Å². The number of aromatic nitrogens is 1. The minimum absolute atomic E-state index is 0.362. The highest BCUT2D eigenvalue weighted by Crippen LogP contribution is 2.27. The molecule has 1 N–H and O–H groups in total. The van der Waals surface area contributed by atoms with Gasteiger partial charge in [0.2, 0.25) is 0 Å². The van der Waals surface area contributed by atoms with Crippen LogP contribution < -0.4 is 5.32 Å². The molecule has 0 unspecified atom stereocenters. The zero-order chi connectivity index (χ0) is 15.0. The maximum atomic E-state index is 4.20. The van der Waals surface area contributed by atoms with Gasteiger partial charge in [-0.2, -0.15) is 0 Å². The lowest BCUT2D eigenvalue weighted by atomic mass is 9.81. The Hall–Kier alpha value is -0.930. The minimum atomic E-state index is 0.362. The zero-order valence-corrected chi connectivity index (χ0v) is 13.8. The average molecular weight is 277 g/mol. The van der Waals surface area contributed by atoms with E-state index in [4.69, 9.17) is 0 Å². The molecule has 114 valence electrons. The molecule has 0 aliphatic heterocycles. The standard InChI is InChI=1S/C17H31N3/c1-6-17(7-2,13-19-15(3)4)14-20(5)12-16-9-8-10-18-11-16/h8-11,15,19H,6-7,12-14H2,1-5H3. The highest BCUT2D eigenvalue weighted by molar-refractivity contribution is 5.08. The van der Waals surface area contributed by atoms with Gasteiger partial charge in [-0.05, 0) is 36.9 Å². The quantitative estimate of drug-likeness (QED) is 0.750. The molecule has 0 aliphatic carbocycles. The van der Waals surface area contributed by atoms with Gasteiger partial charge >= 0.3 is 0 Å². The highest BCUT2D eigenvalue weighted by Gasteiger charge is 2.27. The number of nitrogens with zero attached hydrogens (tertiary/aromatic N) is 2. The SMILES string of the molecule is CCC(CC)(CNC(C)C)CN(C)Cc1cccnc1. The molecule has 0 amide bonds. The van der Waals surface area contributed by atoms with Gasteiger partial charge in [-0.25, -0.2) is 0 Å². The van der Waals surface area contributed by atoms with Gasteiger partial charge in [-0.1, -0.05) is 33.8 Å². The summed E-state index contributed by atoms with van der Waals surface area (Å²) in [6, 6.07) is 4.71. The van der Waals surface area contributed by atoms with E-state index in [1.165, 1.54) is 18.4 Å². The molecule has 0 radical (unpaired) electrons. The maximum Gasteiger partial charge on any atom is 0.0312 e. The molecule has 0 bridgehead atoms. The fourth-order valence-corrected chi connectivity index (χ4v) is 2.63. The number of pyridine rings is 1. The number of rotatable bonds is 9. The van der Waals surface area contributed by atoms with E-state index in [1.807, 2.05) is 18.5 Å². The van der Waals surface area contributed by atoms with Crippen molar-refractivity contribution < 1.29 is 0 Å². The van der Waals surface area contributed by atoms with Gasteiger partial charge in [0.1, 0.15) is 0 Å². The summed E-state index contributed by atoms with van der Waals surface area (Å²) in [5.74, 6) is 0. The van der Waals surface area contributed by atoms with E-state index in [9.17, 15) is 0 Å². The minimum Gasteiger partial charge on any atom is -0.314 e. The first-order valence-corrected chi connectivity index (χ1v) is 7.82. The largest absolute Gasteiger partial charge is 0.314 e. The van der Waals surface area contributed by atoms with Gasteiger partial charge in [-0.15, -0.1) is 0 Å². The summed E-state index contributed by atoms with van der Waals surface area (Å²) in [7, 11) is 2.21. The summed E-state index contributed by atoms with van der Waals surface area (Å²) < 4.78 is 0. The van der Waals surface area contributed by atoms with Gasteiger partial charge in [0.15, 0.2) is 0 Å². The zero-order valence-electron chi connectivity index (χ0n) is 13.8. The second-order valence-corrected chi connectivity index (χ2v) is 6.28. The predicted octanol–water partition coefficient (Wildman–Crippen LogP) is 3.32. The van der Waals surface area contributed by atoms with E-state index in [-0.39, 0.29) is 0 Å². The van der Waals surface area contributed by atoms with Crippen molar-refractivity contribution in [2.75, 3.05) is 20.1 Å². The second-order valence-electron chi connectivity index (χ2n) is 6.28. The summed E-state index contributed by atoms with van der Waals surface area (Å²) in [6.45, 7) is 12.2. The van der Waals surface area contributed by atoms with Crippen LogP contribution in [0.2, 0.25) is 0 Å². The van der Waals surface area contributed by atoms with Gasteiger partial charge in [0, 0.05) is 38.1 Å². The second kappa shape index (κ2) is 8.38. The van der Waals surface area contributed by atoms with Gasteiger partial charge in [0.05, 0.1) is 0 Å². The molecule has 3 heteroatoms. The maximum absolute atomic E-state index is 4.20. The van der Waals surface area contributed by atoms with Crippen molar-refractivity contribution in [3.05, 3.63) is 30.1 Å². The third-order valence-corrected chi connectivity index (χ3v) is 4.17. The van der Waals surface area contributed by atoms with Crippen LogP contribution in [-0.4, -0.2) is 36.1 Å². The third-order valence-electron chi connectivity index (χ3n) is 4.17. The van der Waals surface area contributed by atoms with Crippen LogP contribution in [0.4, 0.5) is 0 Å². The van der Waals surface area contributed by atoms with Crippen molar-refractivity contribution in [3.8, 4) is 0 Å². The molecule has 3 nitrogen and oxygen atoms in total. The normalized spacial score (nSPS) is 12.3. The summed E-state index contributed by atoms with van der Waals surface area (Å²) in [4.78, 5) is 6.62.